The molecular weight excluding hydrogens is 199 g/mol. The van der Waals surface area contributed by atoms with E-state index in [2.05, 4.69) is 76.4 Å². The van der Waals surface area contributed by atoms with Gasteiger partial charge in [-0.15, -0.1) is 0 Å². The molecular formula is C13H22B4. The molecule has 0 N–H and O–H groups in total. The van der Waals surface area contributed by atoms with Gasteiger partial charge in [-0.2, -0.15) is 0 Å². The van der Waals surface area contributed by atoms with E-state index in [1.807, 2.05) is 0 Å². The molecule has 0 fully saturated rings. The Balaban J connectivity index is 2.77. The molecule has 0 aliphatic heterocycles. The highest BCUT2D eigenvalue weighted by atomic mass is 14.5. The highest BCUT2D eigenvalue weighted by Gasteiger charge is 2.59. The summed E-state index contributed by atoms with van der Waals surface area (Å²) in [6.07, 6.45) is 0. The number of hydrogen-bond acceptors (Lipinski definition) is 0. The summed E-state index contributed by atoms with van der Waals surface area (Å²) < 4.78 is 0. The Labute approximate surface area is 110 Å². The smallest absolute Gasteiger partial charge is 0.0623 e. The van der Waals surface area contributed by atoms with Crippen molar-refractivity contribution in [1.82, 2.24) is 0 Å². The third-order valence-corrected chi connectivity index (χ3v) is 6.03. The molecule has 2 rings (SSSR count). The lowest BCUT2D eigenvalue weighted by molar-refractivity contribution is 0.174. The minimum Gasteiger partial charge on any atom is -0.0623 e. The zero-order valence-electron chi connectivity index (χ0n) is 12.4. The van der Waals surface area contributed by atoms with Gasteiger partial charge in [0.15, 0.2) is 0 Å². The highest BCUT2D eigenvalue weighted by molar-refractivity contribution is 6.48. The maximum Gasteiger partial charge on any atom is 0.105 e. The first-order valence-corrected chi connectivity index (χ1v) is 6.77. The van der Waals surface area contributed by atoms with E-state index in [4.69, 9.17) is 0 Å². The average Bonchev–Trinajstić information content (AvgIpc) is 2.37. The van der Waals surface area contributed by atoms with Crippen molar-refractivity contribution in [3.05, 3.63) is 35.4 Å². The zero-order chi connectivity index (χ0) is 13.1. The van der Waals surface area contributed by atoms with Crippen LogP contribution in [0.2, 0.25) is 0 Å². The maximum absolute atomic E-state index is 2.47. The Hall–Kier alpha value is -0.520. The van der Waals surface area contributed by atoms with E-state index in [1.165, 1.54) is 0 Å². The second kappa shape index (κ2) is 3.49. The molecule has 1 aromatic rings. The summed E-state index contributed by atoms with van der Waals surface area (Å²) in [4.78, 5) is 0. The van der Waals surface area contributed by atoms with Gasteiger partial charge in [-0.1, -0.05) is 66.6 Å². The second-order valence-electron chi connectivity index (χ2n) is 7.15. The molecule has 0 unspecified atom stereocenters. The third kappa shape index (κ3) is 1.30. The fraction of sp³-hybridized carbons (Fsp3) is 0.538. The lowest BCUT2D eigenvalue weighted by Crippen LogP contribution is -2.55. The van der Waals surface area contributed by atoms with E-state index in [9.17, 15) is 0 Å². The molecule has 0 amide bonds. The van der Waals surface area contributed by atoms with Crippen LogP contribution in [0, 0.1) is 11.3 Å². The van der Waals surface area contributed by atoms with Crippen molar-refractivity contribution in [3.63, 3.8) is 0 Å². The summed E-state index contributed by atoms with van der Waals surface area (Å²) >= 11 is 0. The Morgan fingerprint density at radius 1 is 0.882 bits per heavy atom. The molecule has 0 bridgehead atoms. The standard InChI is InChI=1S/C13H22B4/c1-8(2)11(3)12(14,15)9-6-4-5-7-10(9)13(11,16)17/h4-8H,14-17H2,1-3H3. The van der Waals surface area contributed by atoms with E-state index in [0.717, 1.165) is 0 Å². The van der Waals surface area contributed by atoms with Gasteiger partial charge in [0.2, 0.25) is 0 Å². The summed E-state index contributed by atoms with van der Waals surface area (Å²) in [5, 5.41) is 0.475. The molecule has 17 heavy (non-hydrogen) atoms. The largest absolute Gasteiger partial charge is 0.105 e. The molecule has 0 aromatic heterocycles. The predicted octanol–water partition coefficient (Wildman–Crippen LogP) is -0.800. The monoisotopic (exact) mass is 222 g/mol. The van der Waals surface area contributed by atoms with Crippen LogP contribution in [-0.2, 0) is 10.4 Å². The van der Waals surface area contributed by atoms with Gasteiger partial charge < -0.3 is 0 Å². The van der Waals surface area contributed by atoms with Crippen LogP contribution in [0.3, 0.4) is 0 Å². The Bertz CT molecular complexity index is 413. The van der Waals surface area contributed by atoms with Gasteiger partial charge in [0, 0.05) is 0 Å². The maximum atomic E-state index is 2.47. The van der Waals surface area contributed by atoms with E-state index in [1.54, 1.807) is 11.1 Å². The van der Waals surface area contributed by atoms with Crippen molar-refractivity contribution in [2.45, 2.75) is 31.2 Å². The summed E-state index contributed by atoms with van der Waals surface area (Å²) in [5.74, 6) is 0.667. The normalized spacial score (nSPS) is 23.5. The molecule has 1 aliphatic rings. The Morgan fingerprint density at radius 3 is 1.53 bits per heavy atom. The molecule has 0 saturated heterocycles. The summed E-state index contributed by atoms with van der Waals surface area (Å²) in [6.45, 7) is 7.21. The zero-order valence-corrected chi connectivity index (χ0v) is 12.4. The van der Waals surface area contributed by atoms with Gasteiger partial charge in [0.25, 0.3) is 0 Å². The van der Waals surface area contributed by atoms with E-state index in [0.29, 0.717) is 11.3 Å². The number of fused-ring (bicyclic) bond motifs is 1. The summed E-state index contributed by atoms with van der Waals surface area (Å²) in [7, 11) is 9.67. The quantitative estimate of drug-likeness (QED) is 0.545. The van der Waals surface area contributed by atoms with Crippen molar-refractivity contribution >= 4 is 31.4 Å². The van der Waals surface area contributed by atoms with Crippen molar-refractivity contribution in [3.8, 4) is 0 Å². The summed E-state index contributed by atoms with van der Waals surface area (Å²) in [5.41, 5.74) is 3.38. The minimum atomic E-state index is 0.237. The molecule has 1 aromatic carbocycles. The van der Waals surface area contributed by atoms with Gasteiger partial charge in [-0.3, -0.25) is 0 Å². The lowest BCUT2D eigenvalue weighted by atomic mass is 9.30. The van der Waals surface area contributed by atoms with E-state index in [-0.39, 0.29) is 10.4 Å². The number of rotatable bonds is 1. The van der Waals surface area contributed by atoms with Gasteiger partial charge in [-0.25, -0.2) is 0 Å². The van der Waals surface area contributed by atoms with Crippen LogP contribution in [-0.4, -0.2) is 31.4 Å². The molecule has 0 nitrogen and oxygen atoms in total. The molecule has 0 atom stereocenters. The van der Waals surface area contributed by atoms with Crippen molar-refractivity contribution in [2.75, 3.05) is 0 Å². The van der Waals surface area contributed by atoms with E-state index < -0.39 is 0 Å². The van der Waals surface area contributed by atoms with Gasteiger partial charge in [0.05, 0.1) is 0 Å². The van der Waals surface area contributed by atoms with Crippen molar-refractivity contribution < 1.29 is 0 Å². The van der Waals surface area contributed by atoms with Crippen molar-refractivity contribution in [2.24, 2.45) is 11.3 Å². The molecule has 4 heteroatoms. The van der Waals surface area contributed by atoms with Gasteiger partial charge in [-0.05, 0) is 11.3 Å². The fourth-order valence-corrected chi connectivity index (χ4v) is 4.36. The van der Waals surface area contributed by atoms with Gasteiger partial charge >= 0.3 is 0 Å². The molecule has 86 valence electrons. The first kappa shape index (κ1) is 12.9. The fourth-order valence-electron chi connectivity index (χ4n) is 4.36. The number of hydrogen-bond donors (Lipinski definition) is 0. The van der Waals surface area contributed by atoms with Crippen LogP contribution in [0.25, 0.3) is 0 Å². The lowest BCUT2D eigenvalue weighted by Gasteiger charge is -2.52. The van der Waals surface area contributed by atoms with Crippen LogP contribution in [0.5, 0.6) is 0 Å². The van der Waals surface area contributed by atoms with Gasteiger partial charge in [0.1, 0.15) is 31.4 Å². The SMILES string of the molecule is BC1(B)c2ccccc2C(B)(B)C1(C)C(C)C. The molecule has 0 spiro atoms. The molecule has 0 radical (unpaired) electrons. The Morgan fingerprint density at radius 2 is 1.24 bits per heavy atom. The second-order valence-corrected chi connectivity index (χ2v) is 7.15. The molecule has 0 heterocycles. The van der Waals surface area contributed by atoms with Crippen LogP contribution < -0.4 is 0 Å². The molecule has 0 saturated carbocycles. The third-order valence-electron chi connectivity index (χ3n) is 6.03. The first-order valence-electron chi connectivity index (χ1n) is 6.77. The highest BCUT2D eigenvalue weighted by Crippen LogP contribution is 2.60. The Kier molecular flexibility index (Phi) is 2.66. The minimum absolute atomic E-state index is 0.237. The first-order chi connectivity index (χ1) is 7.67. The summed E-state index contributed by atoms with van der Waals surface area (Å²) in [6, 6.07) is 9.01. The van der Waals surface area contributed by atoms with Crippen LogP contribution in [0.15, 0.2) is 24.3 Å². The number of benzene rings is 1. The van der Waals surface area contributed by atoms with E-state index >= 15 is 0 Å². The van der Waals surface area contributed by atoms with Crippen LogP contribution in [0.4, 0.5) is 0 Å². The topological polar surface area (TPSA) is 0 Å². The van der Waals surface area contributed by atoms with Crippen LogP contribution in [0.1, 0.15) is 31.9 Å². The molecule has 1 aliphatic carbocycles. The van der Waals surface area contributed by atoms with Crippen LogP contribution >= 0.6 is 0 Å². The van der Waals surface area contributed by atoms with Crippen molar-refractivity contribution in [1.29, 1.82) is 0 Å². The predicted molar refractivity (Wildman–Crippen MR) is 86.9 cm³/mol. The average molecular weight is 222 g/mol.